The van der Waals surface area contributed by atoms with Crippen LogP contribution in [0.25, 0.3) is 11.4 Å². The molecule has 0 aliphatic rings. The molecule has 0 fully saturated rings. The summed E-state index contributed by atoms with van der Waals surface area (Å²) in [5, 5.41) is 8.97. The van der Waals surface area contributed by atoms with Crippen LogP contribution < -0.4 is 0 Å². The lowest BCUT2D eigenvalue weighted by atomic mass is 10.1. The smallest absolute Gasteiger partial charge is 0.138 e. The van der Waals surface area contributed by atoms with E-state index in [1.165, 1.54) is 0 Å². The summed E-state index contributed by atoms with van der Waals surface area (Å²) in [7, 11) is 0. The van der Waals surface area contributed by atoms with Crippen LogP contribution in [0.15, 0.2) is 28.9 Å². The predicted molar refractivity (Wildman–Crippen MR) is 61.2 cm³/mol. The van der Waals surface area contributed by atoms with Crippen LogP contribution in [0.1, 0.15) is 11.3 Å². The highest BCUT2D eigenvalue weighted by atomic mass is 79.9. The summed E-state index contributed by atoms with van der Waals surface area (Å²) >= 11 is 3.38. The molecule has 0 unspecified atom stereocenters. The minimum absolute atomic E-state index is 0.618. The van der Waals surface area contributed by atoms with Gasteiger partial charge in [0.15, 0.2) is 0 Å². The van der Waals surface area contributed by atoms with Crippen molar-refractivity contribution in [2.45, 2.75) is 6.92 Å². The number of benzene rings is 1. The van der Waals surface area contributed by atoms with Crippen molar-refractivity contribution >= 4 is 15.9 Å². The molecule has 0 radical (unpaired) electrons. The Labute approximate surface area is 95.9 Å². The number of rotatable bonds is 1. The second-order valence-corrected chi connectivity index (χ2v) is 4.13. The molecule has 1 aromatic heterocycles. The molecule has 15 heavy (non-hydrogen) atoms. The topological polar surface area (TPSA) is 52.5 Å². The van der Waals surface area contributed by atoms with Gasteiger partial charge < -0.3 is 4.98 Å². The van der Waals surface area contributed by atoms with E-state index in [0.717, 1.165) is 21.6 Å². The first-order valence-corrected chi connectivity index (χ1v) is 5.21. The zero-order valence-electron chi connectivity index (χ0n) is 8.08. The fourth-order valence-corrected chi connectivity index (χ4v) is 1.72. The van der Waals surface area contributed by atoms with E-state index in [-0.39, 0.29) is 0 Å². The number of H-pyrrole nitrogens is 1. The predicted octanol–water partition coefficient (Wildman–Crippen LogP) is 3.02. The molecule has 0 spiro atoms. The molecule has 1 N–H and O–H groups in total. The van der Waals surface area contributed by atoms with Gasteiger partial charge in [0.1, 0.15) is 5.82 Å². The van der Waals surface area contributed by atoms with Gasteiger partial charge in [-0.05, 0) is 25.1 Å². The summed E-state index contributed by atoms with van der Waals surface area (Å²) in [4.78, 5) is 7.32. The Morgan fingerprint density at radius 2 is 2.27 bits per heavy atom. The average Bonchev–Trinajstić information content (AvgIpc) is 2.65. The second kappa shape index (κ2) is 3.87. The van der Waals surface area contributed by atoms with E-state index in [9.17, 15) is 0 Å². The van der Waals surface area contributed by atoms with Crippen LogP contribution in [0.5, 0.6) is 0 Å². The summed E-state index contributed by atoms with van der Waals surface area (Å²) < 4.78 is 0.936. The third kappa shape index (κ3) is 1.92. The lowest BCUT2D eigenvalue weighted by Gasteiger charge is -2.00. The van der Waals surface area contributed by atoms with Crippen LogP contribution >= 0.6 is 15.9 Å². The molecule has 0 atom stereocenters. The van der Waals surface area contributed by atoms with E-state index in [0.29, 0.717) is 5.56 Å². The van der Waals surface area contributed by atoms with Gasteiger partial charge >= 0.3 is 0 Å². The van der Waals surface area contributed by atoms with Gasteiger partial charge in [-0.1, -0.05) is 15.9 Å². The fraction of sp³-hybridized carbons (Fsp3) is 0.0909. The summed E-state index contributed by atoms with van der Waals surface area (Å²) in [5.74, 6) is 0.727. The minimum Gasteiger partial charge on any atom is -0.342 e. The molecular formula is C11H8BrN3. The molecule has 1 heterocycles. The molecule has 0 saturated heterocycles. The first kappa shape index (κ1) is 9.94. The van der Waals surface area contributed by atoms with E-state index in [4.69, 9.17) is 5.26 Å². The number of nitriles is 1. The van der Waals surface area contributed by atoms with Crippen LogP contribution in [-0.4, -0.2) is 9.97 Å². The SMILES string of the molecule is Cc1cnc(-c2cc(Br)ccc2C#N)[nH]1. The molecule has 0 aliphatic carbocycles. The van der Waals surface area contributed by atoms with E-state index < -0.39 is 0 Å². The highest BCUT2D eigenvalue weighted by Gasteiger charge is 2.08. The quantitative estimate of drug-likeness (QED) is 0.858. The Balaban J connectivity index is 2.61. The first-order chi connectivity index (χ1) is 7.20. The number of halogens is 1. The van der Waals surface area contributed by atoms with E-state index in [1.807, 2.05) is 19.1 Å². The Morgan fingerprint density at radius 3 is 2.87 bits per heavy atom. The molecule has 2 rings (SSSR count). The van der Waals surface area contributed by atoms with Crippen molar-refractivity contribution in [1.29, 1.82) is 5.26 Å². The third-order valence-corrected chi connectivity index (χ3v) is 2.55. The number of nitrogens with zero attached hydrogens (tertiary/aromatic N) is 2. The van der Waals surface area contributed by atoms with Crippen molar-refractivity contribution in [3.63, 3.8) is 0 Å². The normalized spacial score (nSPS) is 9.93. The monoisotopic (exact) mass is 261 g/mol. The highest BCUT2D eigenvalue weighted by molar-refractivity contribution is 9.10. The third-order valence-electron chi connectivity index (χ3n) is 2.06. The van der Waals surface area contributed by atoms with Crippen LogP contribution in [-0.2, 0) is 0 Å². The Morgan fingerprint density at radius 1 is 1.47 bits per heavy atom. The van der Waals surface area contributed by atoms with Gasteiger partial charge in [-0.25, -0.2) is 4.98 Å². The number of aromatic amines is 1. The van der Waals surface area contributed by atoms with Gasteiger partial charge in [-0.3, -0.25) is 0 Å². The molecular weight excluding hydrogens is 254 g/mol. The molecule has 1 aromatic carbocycles. The van der Waals surface area contributed by atoms with Crippen molar-refractivity contribution in [3.05, 3.63) is 40.1 Å². The lowest BCUT2D eigenvalue weighted by Crippen LogP contribution is -1.86. The first-order valence-electron chi connectivity index (χ1n) is 4.42. The van der Waals surface area contributed by atoms with Crippen molar-refractivity contribution in [3.8, 4) is 17.5 Å². The van der Waals surface area contributed by atoms with E-state index in [2.05, 4.69) is 32.0 Å². The maximum absolute atomic E-state index is 8.97. The average molecular weight is 262 g/mol. The molecule has 0 aliphatic heterocycles. The lowest BCUT2D eigenvalue weighted by molar-refractivity contribution is 1.25. The van der Waals surface area contributed by atoms with Crippen LogP contribution in [0.4, 0.5) is 0 Å². The van der Waals surface area contributed by atoms with Crippen LogP contribution in [0.3, 0.4) is 0 Å². The fourth-order valence-electron chi connectivity index (χ4n) is 1.36. The summed E-state index contributed by atoms with van der Waals surface area (Å²) in [5.41, 5.74) is 2.42. The standard InChI is InChI=1S/C11H8BrN3/c1-7-6-14-11(15-7)10-4-9(12)3-2-8(10)5-13/h2-4,6H,1H3,(H,14,15). The summed E-state index contributed by atoms with van der Waals surface area (Å²) in [6.45, 7) is 1.93. The van der Waals surface area contributed by atoms with Crippen molar-refractivity contribution in [2.24, 2.45) is 0 Å². The zero-order chi connectivity index (χ0) is 10.8. The Kier molecular flexibility index (Phi) is 2.57. The summed E-state index contributed by atoms with van der Waals surface area (Å²) in [6, 6.07) is 7.66. The minimum atomic E-state index is 0.618. The van der Waals surface area contributed by atoms with Crippen molar-refractivity contribution in [1.82, 2.24) is 9.97 Å². The van der Waals surface area contributed by atoms with Gasteiger partial charge in [0.2, 0.25) is 0 Å². The maximum Gasteiger partial charge on any atom is 0.138 e. The molecule has 0 bridgehead atoms. The molecule has 4 heteroatoms. The number of hydrogen-bond acceptors (Lipinski definition) is 2. The number of nitrogens with one attached hydrogen (secondary N) is 1. The van der Waals surface area contributed by atoms with Crippen molar-refractivity contribution in [2.75, 3.05) is 0 Å². The van der Waals surface area contributed by atoms with Crippen molar-refractivity contribution < 1.29 is 0 Å². The van der Waals surface area contributed by atoms with Gasteiger partial charge in [-0.2, -0.15) is 5.26 Å². The van der Waals surface area contributed by atoms with Crippen LogP contribution in [0.2, 0.25) is 0 Å². The molecule has 0 amide bonds. The largest absolute Gasteiger partial charge is 0.342 e. The Bertz CT molecular complexity index is 537. The molecule has 2 aromatic rings. The highest BCUT2D eigenvalue weighted by Crippen LogP contribution is 2.24. The van der Waals surface area contributed by atoms with Gasteiger partial charge in [0, 0.05) is 21.9 Å². The maximum atomic E-state index is 8.97. The van der Waals surface area contributed by atoms with E-state index in [1.54, 1.807) is 12.3 Å². The van der Waals surface area contributed by atoms with Gasteiger partial charge in [0.25, 0.3) is 0 Å². The number of hydrogen-bond donors (Lipinski definition) is 1. The molecule has 0 saturated carbocycles. The number of aryl methyl sites for hydroxylation is 1. The molecule has 3 nitrogen and oxygen atoms in total. The number of aromatic nitrogens is 2. The molecule has 74 valence electrons. The Hall–Kier alpha value is -1.60. The zero-order valence-corrected chi connectivity index (χ0v) is 9.67. The van der Waals surface area contributed by atoms with Gasteiger partial charge in [0.05, 0.1) is 11.6 Å². The second-order valence-electron chi connectivity index (χ2n) is 3.22. The summed E-state index contributed by atoms with van der Waals surface area (Å²) in [6.07, 6.45) is 1.75. The van der Waals surface area contributed by atoms with Crippen LogP contribution in [0, 0.1) is 18.3 Å². The number of imidazole rings is 1. The van der Waals surface area contributed by atoms with Gasteiger partial charge in [-0.15, -0.1) is 0 Å². The van der Waals surface area contributed by atoms with E-state index >= 15 is 0 Å².